The van der Waals surface area contributed by atoms with Gasteiger partial charge in [0.2, 0.25) is 0 Å². The fourth-order valence-corrected chi connectivity index (χ4v) is 4.87. The first-order valence-corrected chi connectivity index (χ1v) is 12.8. The van der Waals surface area contributed by atoms with Crippen molar-refractivity contribution in [3.05, 3.63) is 76.9 Å². The molecule has 1 saturated heterocycles. The summed E-state index contributed by atoms with van der Waals surface area (Å²) in [6.45, 7) is 12.4. The first-order chi connectivity index (χ1) is 16.3. The van der Waals surface area contributed by atoms with Crippen LogP contribution in [0, 0.1) is 11.8 Å². The molecule has 0 spiro atoms. The van der Waals surface area contributed by atoms with Crippen LogP contribution in [0.5, 0.6) is 0 Å². The Morgan fingerprint density at radius 2 is 1.79 bits per heavy atom. The molecule has 1 aliphatic carbocycles. The predicted molar refractivity (Wildman–Crippen MR) is 140 cm³/mol. The molecule has 0 amide bonds. The van der Waals surface area contributed by atoms with Crippen LogP contribution in [-0.2, 0) is 11.3 Å². The molecule has 2 fully saturated rings. The third kappa shape index (κ3) is 7.04. The van der Waals surface area contributed by atoms with E-state index in [1.165, 1.54) is 24.0 Å². The van der Waals surface area contributed by atoms with Crippen LogP contribution in [0.4, 0.5) is 0 Å². The van der Waals surface area contributed by atoms with E-state index >= 15 is 0 Å². The van der Waals surface area contributed by atoms with Crippen LogP contribution >= 0.6 is 0 Å². The molecule has 1 saturated carbocycles. The summed E-state index contributed by atoms with van der Waals surface area (Å²) < 4.78 is 5.44. The van der Waals surface area contributed by atoms with Gasteiger partial charge in [0.25, 0.3) is 0 Å². The number of benzene rings is 2. The number of carbonyl (C=O) groups is 1. The van der Waals surface area contributed by atoms with Crippen LogP contribution in [0.3, 0.4) is 0 Å². The zero-order valence-electron chi connectivity index (χ0n) is 21.2. The normalized spacial score (nSPS) is 21.2. The Morgan fingerprint density at radius 1 is 1.09 bits per heavy atom. The molecule has 0 aromatic heterocycles. The van der Waals surface area contributed by atoms with Crippen molar-refractivity contribution in [3.63, 3.8) is 0 Å². The fourth-order valence-electron chi connectivity index (χ4n) is 4.87. The summed E-state index contributed by atoms with van der Waals surface area (Å²) in [6.07, 6.45) is 6.05. The Labute approximate surface area is 205 Å². The van der Waals surface area contributed by atoms with E-state index in [4.69, 9.17) is 4.74 Å². The number of carbonyl (C=O) groups excluding carboxylic acids is 1. The van der Waals surface area contributed by atoms with Gasteiger partial charge in [0, 0.05) is 25.7 Å². The minimum Gasteiger partial charge on any atom is -0.456 e. The molecule has 2 aliphatic rings. The van der Waals surface area contributed by atoms with Crippen molar-refractivity contribution in [1.29, 1.82) is 0 Å². The van der Waals surface area contributed by atoms with E-state index in [-0.39, 0.29) is 5.97 Å². The highest BCUT2D eigenvalue weighted by molar-refractivity contribution is 5.89. The SMILES string of the molecule is CC/C(=C\c1ccccc1)[C@@H]1C[C@H]1NCCC1CN(Cc2ccc(C(=O)OC(C)(C)C)cc2)C1. The van der Waals surface area contributed by atoms with Crippen molar-refractivity contribution >= 4 is 12.0 Å². The average molecular weight is 461 g/mol. The molecule has 1 aliphatic heterocycles. The molecule has 0 radical (unpaired) electrons. The Balaban J connectivity index is 1.12. The van der Waals surface area contributed by atoms with Crippen LogP contribution < -0.4 is 5.32 Å². The molecule has 2 aromatic rings. The van der Waals surface area contributed by atoms with E-state index in [1.54, 1.807) is 5.57 Å². The minimum absolute atomic E-state index is 0.255. The molecule has 1 heterocycles. The fraction of sp³-hybridized carbons (Fsp3) is 0.500. The number of nitrogens with zero attached hydrogens (tertiary/aromatic N) is 1. The van der Waals surface area contributed by atoms with Crippen molar-refractivity contribution in [1.82, 2.24) is 10.2 Å². The van der Waals surface area contributed by atoms with Gasteiger partial charge in [-0.15, -0.1) is 0 Å². The maximum absolute atomic E-state index is 12.2. The van der Waals surface area contributed by atoms with Crippen LogP contribution in [-0.4, -0.2) is 42.1 Å². The highest BCUT2D eigenvalue weighted by Crippen LogP contribution is 2.39. The van der Waals surface area contributed by atoms with Crippen molar-refractivity contribution in [2.45, 2.75) is 65.1 Å². The Kier molecular flexibility index (Phi) is 7.90. The molecule has 2 atom stereocenters. The lowest BCUT2D eigenvalue weighted by molar-refractivity contribution is 0.00695. The molecular weight excluding hydrogens is 420 g/mol. The summed E-state index contributed by atoms with van der Waals surface area (Å²) in [5, 5.41) is 3.80. The molecular formula is C30H40N2O2. The van der Waals surface area contributed by atoms with Crippen molar-refractivity contribution in [3.8, 4) is 0 Å². The first kappa shape index (κ1) is 24.7. The monoisotopic (exact) mass is 460 g/mol. The summed E-state index contributed by atoms with van der Waals surface area (Å²) in [7, 11) is 0. The molecule has 0 unspecified atom stereocenters. The Hall–Kier alpha value is -2.43. The topological polar surface area (TPSA) is 41.6 Å². The van der Waals surface area contributed by atoms with E-state index in [9.17, 15) is 4.79 Å². The second-order valence-electron chi connectivity index (χ2n) is 10.9. The van der Waals surface area contributed by atoms with Gasteiger partial charge < -0.3 is 10.1 Å². The van der Waals surface area contributed by atoms with Crippen LogP contribution in [0.15, 0.2) is 60.2 Å². The molecule has 1 N–H and O–H groups in total. The smallest absolute Gasteiger partial charge is 0.338 e. The zero-order chi connectivity index (χ0) is 24.1. The number of hydrogen-bond acceptors (Lipinski definition) is 4. The number of ether oxygens (including phenoxy) is 1. The first-order valence-electron chi connectivity index (χ1n) is 12.8. The maximum atomic E-state index is 12.2. The van der Waals surface area contributed by atoms with Gasteiger partial charge in [-0.25, -0.2) is 4.79 Å². The van der Waals surface area contributed by atoms with Gasteiger partial charge in [0.1, 0.15) is 5.60 Å². The quantitative estimate of drug-likeness (QED) is 0.446. The van der Waals surface area contributed by atoms with E-state index < -0.39 is 5.60 Å². The second-order valence-corrected chi connectivity index (χ2v) is 10.9. The molecule has 4 nitrogen and oxygen atoms in total. The standard InChI is InChI=1S/C30H40N2O2/c1-5-25(17-22-9-7-6-8-10-22)27-18-28(27)31-16-15-24-20-32(21-24)19-23-11-13-26(14-12-23)29(33)34-30(2,3)4/h6-14,17,24,27-28,31H,5,15-16,18-21H2,1-4H3/b25-17+/t27-,28+/m0/s1. The van der Waals surface area contributed by atoms with Crippen LogP contribution in [0.25, 0.3) is 6.08 Å². The lowest BCUT2D eigenvalue weighted by Crippen LogP contribution is -2.46. The largest absolute Gasteiger partial charge is 0.456 e. The maximum Gasteiger partial charge on any atom is 0.338 e. The molecule has 34 heavy (non-hydrogen) atoms. The average Bonchev–Trinajstić information content (AvgIpc) is 3.55. The van der Waals surface area contributed by atoms with Crippen LogP contribution in [0.2, 0.25) is 0 Å². The van der Waals surface area contributed by atoms with Gasteiger partial charge in [-0.3, -0.25) is 4.90 Å². The molecule has 2 aromatic carbocycles. The van der Waals surface area contributed by atoms with Crippen molar-refractivity contribution < 1.29 is 9.53 Å². The predicted octanol–water partition coefficient (Wildman–Crippen LogP) is 5.94. The molecule has 182 valence electrons. The lowest BCUT2D eigenvalue weighted by atomic mass is 9.95. The van der Waals surface area contributed by atoms with Crippen LogP contribution in [0.1, 0.15) is 68.4 Å². The summed E-state index contributed by atoms with van der Waals surface area (Å²) in [5.74, 6) is 1.25. The number of rotatable bonds is 10. The number of likely N-dealkylation sites (tertiary alicyclic amines) is 1. The summed E-state index contributed by atoms with van der Waals surface area (Å²) in [6, 6.07) is 19.2. The van der Waals surface area contributed by atoms with E-state index in [0.717, 1.165) is 38.5 Å². The van der Waals surface area contributed by atoms with Gasteiger partial charge in [0.05, 0.1) is 5.56 Å². The molecule has 4 rings (SSSR count). The van der Waals surface area contributed by atoms with Crippen molar-refractivity contribution in [2.24, 2.45) is 11.8 Å². The zero-order valence-corrected chi connectivity index (χ0v) is 21.2. The highest BCUT2D eigenvalue weighted by Gasteiger charge is 2.38. The Bertz CT molecular complexity index is 969. The van der Waals surface area contributed by atoms with Gasteiger partial charge in [-0.2, -0.15) is 0 Å². The third-order valence-corrected chi connectivity index (χ3v) is 6.81. The highest BCUT2D eigenvalue weighted by atomic mass is 16.6. The van der Waals surface area contributed by atoms with E-state index in [1.807, 2.05) is 32.9 Å². The van der Waals surface area contributed by atoms with E-state index in [0.29, 0.717) is 17.5 Å². The number of nitrogens with one attached hydrogen (secondary N) is 1. The Morgan fingerprint density at radius 3 is 2.44 bits per heavy atom. The minimum atomic E-state index is -0.463. The van der Waals surface area contributed by atoms with E-state index in [2.05, 4.69) is 65.7 Å². The third-order valence-electron chi connectivity index (χ3n) is 6.81. The number of esters is 1. The summed E-state index contributed by atoms with van der Waals surface area (Å²) in [4.78, 5) is 14.7. The molecule has 0 bridgehead atoms. The molecule has 4 heteroatoms. The summed E-state index contributed by atoms with van der Waals surface area (Å²) in [5.41, 5.74) is 4.31. The lowest BCUT2D eigenvalue weighted by Gasteiger charge is -2.39. The van der Waals surface area contributed by atoms with Gasteiger partial charge >= 0.3 is 5.97 Å². The second kappa shape index (κ2) is 10.9. The number of hydrogen-bond donors (Lipinski definition) is 1. The van der Waals surface area contributed by atoms with Gasteiger partial charge in [-0.1, -0.05) is 61.0 Å². The van der Waals surface area contributed by atoms with Gasteiger partial charge in [-0.05, 0) is 81.7 Å². The summed E-state index contributed by atoms with van der Waals surface area (Å²) >= 11 is 0. The van der Waals surface area contributed by atoms with Gasteiger partial charge in [0.15, 0.2) is 0 Å². The van der Waals surface area contributed by atoms with Crippen molar-refractivity contribution in [2.75, 3.05) is 19.6 Å².